The van der Waals surface area contributed by atoms with E-state index in [9.17, 15) is 4.39 Å². The normalized spacial score (nSPS) is 11.5. The fourth-order valence-electron chi connectivity index (χ4n) is 2.64. The molecule has 2 nitrogen and oxygen atoms in total. The van der Waals surface area contributed by atoms with Gasteiger partial charge in [0, 0.05) is 5.56 Å². The minimum Gasteiger partial charge on any atom is -0.206 e. The molecule has 0 amide bonds. The van der Waals surface area contributed by atoms with Gasteiger partial charge in [-0.1, -0.05) is 67.6 Å². The molecular formula is C23H21FN2. The standard InChI is InChI=1S/C23H21FN2/c1-3-18-5-7-19(8-6-18)15-25-26-16-20-9-11-21(12-10-20)22-13-4-17(2)14-23(22)24/h4-16H,3H2,1-2H3. The van der Waals surface area contributed by atoms with Gasteiger partial charge in [-0.15, -0.1) is 0 Å². The Labute approximate surface area is 153 Å². The van der Waals surface area contributed by atoms with Crippen LogP contribution in [0, 0.1) is 12.7 Å². The first-order chi connectivity index (χ1) is 12.7. The molecule has 0 N–H and O–H groups in total. The number of rotatable bonds is 5. The third-order valence-corrected chi connectivity index (χ3v) is 4.21. The van der Waals surface area contributed by atoms with Gasteiger partial charge in [-0.2, -0.15) is 10.2 Å². The van der Waals surface area contributed by atoms with Crippen LogP contribution in [0.1, 0.15) is 29.2 Å². The molecule has 3 rings (SSSR count). The molecule has 0 aliphatic rings. The van der Waals surface area contributed by atoms with Crippen LogP contribution in [-0.4, -0.2) is 12.4 Å². The zero-order valence-electron chi connectivity index (χ0n) is 15.0. The summed E-state index contributed by atoms with van der Waals surface area (Å²) in [6, 6.07) is 21.1. The predicted molar refractivity (Wildman–Crippen MR) is 108 cm³/mol. The van der Waals surface area contributed by atoms with E-state index < -0.39 is 0 Å². The van der Waals surface area contributed by atoms with Crippen molar-refractivity contribution in [2.45, 2.75) is 20.3 Å². The number of halogens is 1. The SMILES string of the molecule is CCc1ccc(C=NN=Cc2ccc(-c3ccc(C)cc3F)cc2)cc1. The Morgan fingerprint density at radius 3 is 1.92 bits per heavy atom. The van der Waals surface area contributed by atoms with E-state index in [1.165, 1.54) is 5.56 Å². The first-order valence-corrected chi connectivity index (χ1v) is 8.67. The summed E-state index contributed by atoms with van der Waals surface area (Å²) in [5.74, 6) is -0.204. The van der Waals surface area contributed by atoms with E-state index in [2.05, 4.69) is 29.3 Å². The van der Waals surface area contributed by atoms with Crippen LogP contribution < -0.4 is 0 Å². The maximum absolute atomic E-state index is 14.0. The van der Waals surface area contributed by atoms with Gasteiger partial charge < -0.3 is 0 Å². The van der Waals surface area contributed by atoms with Crippen molar-refractivity contribution in [2.75, 3.05) is 0 Å². The maximum Gasteiger partial charge on any atom is 0.131 e. The minimum absolute atomic E-state index is 0.204. The molecule has 0 aliphatic carbocycles. The molecule has 0 saturated heterocycles. The summed E-state index contributed by atoms with van der Waals surface area (Å²) in [4.78, 5) is 0. The fourth-order valence-corrected chi connectivity index (χ4v) is 2.64. The van der Waals surface area contributed by atoms with E-state index in [4.69, 9.17) is 0 Å². The molecule has 0 bridgehead atoms. The molecule has 3 aromatic rings. The van der Waals surface area contributed by atoms with Crippen molar-refractivity contribution in [3.63, 3.8) is 0 Å². The molecular weight excluding hydrogens is 323 g/mol. The van der Waals surface area contributed by atoms with Crippen LogP contribution >= 0.6 is 0 Å². The summed E-state index contributed by atoms with van der Waals surface area (Å²) in [5.41, 5.74) is 5.60. The maximum atomic E-state index is 14.0. The van der Waals surface area contributed by atoms with Gasteiger partial charge in [0.1, 0.15) is 5.82 Å². The Morgan fingerprint density at radius 2 is 1.38 bits per heavy atom. The van der Waals surface area contributed by atoms with Gasteiger partial charge in [0.2, 0.25) is 0 Å². The molecule has 0 fully saturated rings. The van der Waals surface area contributed by atoms with E-state index >= 15 is 0 Å². The third kappa shape index (κ3) is 4.51. The van der Waals surface area contributed by atoms with Gasteiger partial charge in [-0.3, -0.25) is 0 Å². The summed E-state index contributed by atoms with van der Waals surface area (Å²) in [6.07, 6.45) is 4.44. The van der Waals surface area contributed by atoms with Crippen molar-refractivity contribution in [3.05, 3.63) is 94.8 Å². The Morgan fingerprint density at radius 1 is 0.808 bits per heavy atom. The average molecular weight is 344 g/mol. The molecule has 3 aromatic carbocycles. The molecule has 130 valence electrons. The molecule has 0 aliphatic heterocycles. The number of aryl methyl sites for hydroxylation is 2. The van der Waals surface area contributed by atoms with Crippen LogP contribution in [0.25, 0.3) is 11.1 Å². The first kappa shape index (κ1) is 17.7. The van der Waals surface area contributed by atoms with Crippen molar-refractivity contribution in [3.8, 4) is 11.1 Å². The third-order valence-electron chi connectivity index (χ3n) is 4.21. The summed E-state index contributed by atoms with van der Waals surface area (Å²) in [7, 11) is 0. The van der Waals surface area contributed by atoms with Crippen molar-refractivity contribution < 1.29 is 4.39 Å². The fraction of sp³-hybridized carbons (Fsp3) is 0.130. The highest BCUT2D eigenvalue weighted by molar-refractivity contribution is 5.83. The van der Waals surface area contributed by atoms with E-state index in [0.717, 1.165) is 28.7 Å². The number of hydrogen-bond donors (Lipinski definition) is 0. The molecule has 0 unspecified atom stereocenters. The topological polar surface area (TPSA) is 24.7 Å². The highest BCUT2D eigenvalue weighted by Gasteiger charge is 2.04. The lowest BCUT2D eigenvalue weighted by atomic mass is 10.0. The lowest BCUT2D eigenvalue weighted by Gasteiger charge is -2.04. The van der Waals surface area contributed by atoms with Crippen molar-refractivity contribution in [1.82, 2.24) is 0 Å². The van der Waals surface area contributed by atoms with Crippen LogP contribution in [0.4, 0.5) is 4.39 Å². The lowest BCUT2D eigenvalue weighted by molar-refractivity contribution is 0.630. The molecule has 0 spiro atoms. The molecule has 0 radical (unpaired) electrons. The van der Waals surface area contributed by atoms with Gasteiger partial charge in [-0.25, -0.2) is 4.39 Å². The van der Waals surface area contributed by atoms with Crippen LogP contribution in [0.5, 0.6) is 0 Å². The highest BCUT2D eigenvalue weighted by atomic mass is 19.1. The molecule has 0 aromatic heterocycles. The van der Waals surface area contributed by atoms with Gasteiger partial charge in [0.15, 0.2) is 0 Å². The van der Waals surface area contributed by atoms with Crippen LogP contribution in [0.2, 0.25) is 0 Å². The quantitative estimate of drug-likeness (QED) is 0.412. The number of nitrogens with zero attached hydrogens (tertiary/aromatic N) is 2. The van der Waals surface area contributed by atoms with Gasteiger partial charge >= 0.3 is 0 Å². The Balaban J connectivity index is 1.66. The summed E-state index contributed by atoms with van der Waals surface area (Å²) < 4.78 is 14.0. The largest absolute Gasteiger partial charge is 0.206 e. The summed E-state index contributed by atoms with van der Waals surface area (Å²) in [6.45, 7) is 4.01. The smallest absolute Gasteiger partial charge is 0.131 e. The highest BCUT2D eigenvalue weighted by Crippen LogP contribution is 2.23. The monoisotopic (exact) mass is 344 g/mol. The van der Waals surface area contributed by atoms with Crippen LogP contribution in [-0.2, 0) is 6.42 Å². The minimum atomic E-state index is -0.204. The van der Waals surface area contributed by atoms with Crippen molar-refractivity contribution in [2.24, 2.45) is 10.2 Å². The van der Waals surface area contributed by atoms with E-state index in [-0.39, 0.29) is 5.82 Å². The second-order valence-corrected chi connectivity index (χ2v) is 6.19. The van der Waals surface area contributed by atoms with Gasteiger partial charge in [0.25, 0.3) is 0 Å². The molecule has 0 atom stereocenters. The number of benzene rings is 3. The summed E-state index contributed by atoms with van der Waals surface area (Å²) in [5, 5.41) is 8.16. The zero-order chi connectivity index (χ0) is 18.4. The molecule has 0 heterocycles. The zero-order valence-corrected chi connectivity index (χ0v) is 15.0. The van der Waals surface area contributed by atoms with Crippen LogP contribution in [0.3, 0.4) is 0 Å². The molecule has 26 heavy (non-hydrogen) atoms. The molecule has 3 heteroatoms. The van der Waals surface area contributed by atoms with E-state index in [0.29, 0.717) is 5.56 Å². The second-order valence-electron chi connectivity index (χ2n) is 6.19. The van der Waals surface area contributed by atoms with Gasteiger partial charge in [0.05, 0.1) is 12.4 Å². The first-order valence-electron chi connectivity index (χ1n) is 8.67. The van der Waals surface area contributed by atoms with Crippen LogP contribution in [0.15, 0.2) is 76.9 Å². The Bertz CT molecular complexity index is 923. The van der Waals surface area contributed by atoms with E-state index in [1.54, 1.807) is 18.5 Å². The van der Waals surface area contributed by atoms with Gasteiger partial charge in [-0.05, 0) is 47.2 Å². The molecule has 0 saturated carbocycles. The van der Waals surface area contributed by atoms with Crippen molar-refractivity contribution >= 4 is 12.4 Å². The second kappa shape index (κ2) is 8.34. The predicted octanol–water partition coefficient (Wildman–Crippen LogP) is 5.82. The summed E-state index contributed by atoms with van der Waals surface area (Å²) >= 11 is 0. The average Bonchev–Trinajstić information content (AvgIpc) is 2.66. The Kier molecular flexibility index (Phi) is 5.69. The van der Waals surface area contributed by atoms with Crippen molar-refractivity contribution in [1.29, 1.82) is 0 Å². The number of hydrogen-bond acceptors (Lipinski definition) is 2. The Hall–Kier alpha value is -3.07. The lowest BCUT2D eigenvalue weighted by Crippen LogP contribution is -1.87. The van der Waals surface area contributed by atoms with E-state index in [1.807, 2.05) is 55.5 Å².